The molecule has 1 aliphatic rings. The molecular formula is C17H13NO4. The van der Waals surface area contributed by atoms with Crippen molar-refractivity contribution >= 4 is 23.3 Å². The molecule has 0 bridgehead atoms. The lowest BCUT2D eigenvalue weighted by Crippen LogP contribution is -2.24. The number of benzene rings is 2. The number of carbonyl (C=O) groups excluding carboxylic acids is 2. The number of rotatable bonds is 3. The monoisotopic (exact) mass is 295 g/mol. The lowest BCUT2D eigenvalue weighted by molar-refractivity contribution is 0.0696. The molecule has 0 spiro atoms. The zero-order valence-corrected chi connectivity index (χ0v) is 11.9. The Hall–Kier alpha value is -2.95. The predicted molar refractivity (Wildman–Crippen MR) is 80.4 cm³/mol. The van der Waals surface area contributed by atoms with Crippen LogP contribution in [0.15, 0.2) is 42.5 Å². The van der Waals surface area contributed by atoms with Gasteiger partial charge in [0.15, 0.2) is 5.78 Å². The maximum absolute atomic E-state index is 12.6. The topological polar surface area (TPSA) is 74.7 Å². The molecule has 1 aliphatic heterocycles. The Morgan fingerprint density at radius 3 is 2.55 bits per heavy atom. The molecule has 5 heteroatoms. The fraction of sp³-hybridized carbons (Fsp3) is 0.118. The van der Waals surface area contributed by atoms with Crippen LogP contribution < -0.4 is 4.90 Å². The maximum Gasteiger partial charge on any atom is 0.335 e. The molecule has 1 N–H and O–H groups in total. The van der Waals surface area contributed by atoms with Crippen LogP contribution in [0.3, 0.4) is 0 Å². The molecule has 3 rings (SSSR count). The van der Waals surface area contributed by atoms with Gasteiger partial charge in [-0.15, -0.1) is 0 Å². The van der Waals surface area contributed by atoms with Gasteiger partial charge in [-0.2, -0.15) is 0 Å². The molecule has 0 atom stereocenters. The van der Waals surface area contributed by atoms with Crippen molar-refractivity contribution < 1.29 is 19.5 Å². The third kappa shape index (κ3) is 2.16. The molecule has 0 aromatic heterocycles. The number of hydrogen-bond acceptors (Lipinski definition) is 3. The summed E-state index contributed by atoms with van der Waals surface area (Å²) in [7, 11) is 0. The fourth-order valence-corrected chi connectivity index (χ4v) is 2.64. The number of aromatic carboxylic acids is 1. The number of hydrogen-bond donors (Lipinski definition) is 1. The standard InChI is InChI=1S/C17H13NO4/c1-10(19)13-4-2-3-5-15(13)18-9-12-7-6-11(17(21)22)8-14(12)16(18)20/h2-8H,9H2,1H3,(H,21,22). The number of anilines is 1. The van der Waals surface area contributed by atoms with Gasteiger partial charge in [0.05, 0.1) is 17.8 Å². The van der Waals surface area contributed by atoms with E-state index >= 15 is 0 Å². The molecule has 0 radical (unpaired) electrons. The van der Waals surface area contributed by atoms with Crippen molar-refractivity contribution in [3.8, 4) is 0 Å². The molecule has 0 aliphatic carbocycles. The van der Waals surface area contributed by atoms with E-state index in [2.05, 4.69) is 0 Å². The van der Waals surface area contributed by atoms with Gasteiger partial charge in [0.2, 0.25) is 0 Å². The Morgan fingerprint density at radius 1 is 1.14 bits per heavy atom. The fourth-order valence-electron chi connectivity index (χ4n) is 2.64. The number of carboxylic acids is 1. The predicted octanol–water partition coefficient (Wildman–Crippen LogP) is 2.75. The zero-order chi connectivity index (χ0) is 15.9. The Labute approximate surface area is 126 Å². The second-order valence-corrected chi connectivity index (χ2v) is 5.14. The Balaban J connectivity index is 2.05. The van der Waals surface area contributed by atoms with Crippen molar-refractivity contribution in [1.29, 1.82) is 0 Å². The van der Waals surface area contributed by atoms with E-state index in [0.717, 1.165) is 5.56 Å². The minimum absolute atomic E-state index is 0.0776. The lowest BCUT2D eigenvalue weighted by Gasteiger charge is -2.18. The average Bonchev–Trinajstić information content (AvgIpc) is 2.83. The van der Waals surface area contributed by atoms with Crippen LogP contribution in [0.2, 0.25) is 0 Å². The molecule has 1 amide bonds. The van der Waals surface area contributed by atoms with E-state index in [0.29, 0.717) is 23.4 Å². The summed E-state index contributed by atoms with van der Waals surface area (Å²) < 4.78 is 0. The maximum atomic E-state index is 12.6. The number of carboxylic acid groups (broad SMARTS) is 1. The number of fused-ring (bicyclic) bond motifs is 1. The van der Waals surface area contributed by atoms with Crippen LogP contribution in [0.25, 0.3) is 0 Å². The molecule has 5 nitrogen and oxygen atoms in total. The summed E-state index contributed by atoms with van der Waals surface area (Å²) in [5.74, 6) is -1.48. The first-order chi connectivity index (χ1) is 10.5. The summed E-state index contributed by atoms with van der Waals surface area (Å²) >= 11 is 0. The van der Waals surface area contributed by atoms with E-state index in [1.54, 1.807) is 30.3 Å². The van der Waals surface area contributed by atoms with Gasteiger partial charge in [0.25, 0.3) is 5.91 Å². The third-order valence-electron chi connectivity index (χ3n) is 3.73. The van der Waals surface area contributed by atoms with Gasteiger partial charge < -0.3 is 10.0 Å². The van der Waals surface area contributed by atoms with Crippen molar-refractivity contribution in [2.24, 2.45) is 0 Å². The summed E-state index contributed by atoms with van der Waals surface area (Å²) in [5, 5.41) is 9.03. The second kappa shape index (κ2) is 5.11. The van der Waals surface area contributed by atoms with Gasteiger partial charge in [-0.1, -0.05) is 18.2 Å². The second-order valence-electron chi connectivity index (χ2n) is 5.14. The number of Topliss-reactive ketones (excluding diaryl/α,β-unsaturated/α-hetero) is 1. The molecule has 22 heavy (non-hydrogen) atoms. The van der Waals surface area contributed by atoms with Crippen LogP contribution in [-0.2, 0) is 6.54 Å². The van der Waals surface area contributed by atoms with E-state index in [4.69, 9.17) is 5.11 Å². The minimum atomic E-state index is -1.07. The SMILES string of the molecule is CC(=O)c1ccccc1N1Cc2ccc(C(=O)O)cc2C1=O. The van der Waals surface area contributed by atoms with Gasteiger partial charge in [-0.05, 0) is 36.8 Å². The van der Waals surface area contributed by atoms with Gasteiger partial charge in [0.1, 0.15) is 0 Å². The van der Waals surface area contributed by atoms with Crippen molar-refractivity contribution in [2.45, 2.75) is 13.5 Å². The number of amides is 1. The highest BCUT2D eigenvalue weighted by Gasteiger charge is 2.30. The normalized spacial score (nSPS) is 13.1. The Bertz CT molecular complexity index is 810. The lowest BCUT2D eigenvalue weighted by atomic mass is 10.1. The molecule has 2 aromatic rings. The van der Waals surface area contributed by atoms with Crippen LogP contribution in [0.5, 0.6) is 0 Å². The van der Waals surface area contributed by atoms with E-state index in [1.807, 2.05) is 0 Å². The molecule has 2 aromatic carbocycles. The van der Waals surface area contributed by atoms with Crippen LogP contribution in [0, 0.1) is 0 Å². The molecule has 0 saturated heterocycles. The highest BCUT2D eigenvalue weighted by Crippen LogP contribution is 2.31. The van der Waals surface area contributed by atoms with Crippen molar-refractivity contribution in [1.82, 2.24) is 0 Å². The van der Waals surface area contributed by atoms with Crippen LogP contribution >= 0.6 is 0 Å². The zero-order valence-electron chi connectivity index (χ0n) is 11.9. The molecule has 0 saturated carbocycles. The molecule has 1 heterocycles. The number of para-hydroxylation sites is 1. The van der Waals surface area contributed by atoms with E-state index in [-0.39, 0.29) is 17.3 Å². The van der Waals surface area contributed by atoms with Crippen LogP contribution in [-0.4, -0.2) is 22.8 Å². The number of carbonyl (C=O) groups is 3. The van der Waals surface area contributed by atoms with Gasteiger partial charge in [-0.3, -0.25) is 9.59 Å². The van der Waals surface area contributed by atoms with E-state index in [9.17, 15) is 14.4 Å². The van der Waals surface area contributed by atoms with Crippen LogP contribution in [0.4, 0.5) is 5.69 Å². The summed E-state index contributed by atoms with van der Waals surface area (Å²) in [6.45, 7) is 1.79. The summed E-state index contributed by atoms with van der Waals surface area (Å²) in [5.41, 5.74) is 2.23. The minimum Gasteiger partial charge on any atom is -0.478 e. The number of ketones is 1. The first-order valence-corrected chi connectivity index (χ1v) is 6.77. The quantitative estimate of drug-likeness (QED) is 0.883. The molecule has 110 valence electrons. The van der Waals surface area contributed by atoms with Crippen LogP contribution in [0.1, 0.15) is 43.6 Å². The number of nitrogens with zero attached hydrogens (tertiary/aromatic N) is 1. The summed E-state index contributed by atoms with van der Waals surface area (Å²) in [6.07, 6.45) is 0. The summed E-state index contributed by atoms with van der Waals surface area (Å²) in [4.78, 5) is 36.8. The Morgan fingerprint density at radius 2 is 1.86 bits per heavy atom. The smallest absolute Gasteiger partial charge is 0.335 e. The van der Waals surface area contributed by atoms with Crippen molar-refractivity contribution in [3.05, 3.63) is 64.7 Å². The first kappa shape index (κ1) is 14.0. The summed E-state index contributed by atoms with van der Waals surface area (Å²) in [6, 6.07) is 11.4. The van der Waals surface area contributed by atoms with E-state index < -0.39 is 5.97 Å². The first-order valence-electron chi connectivity index (χ1n) is 6.77. The molecular weight excluding hydrogens is 282 g/mol. The third-order valence-corrected chi connectivity index (χ3v) is 3.73. The Kier molecular flexibility index (Phi) is 3.25. The van der Waals surface area contributed by atoms with Crippen molar-refractivity contribution in [2.75, 3.05) is 4.90 Å². The molecule has 0 unspecified atom stereocenters. The molecule has 0 fully saturated rings. The average molecular weight is 295 g/mol. The van der Waals surface area contributed by atoms with Gasteiger partial charge in [-0.25, -0.2) is 4.79 Å². The highest BCUT2D eigenvalue weighted by atomic mass is 16.4. The van der Waals surface area contributed by atoms with Crippen molar-refractivity contribution in [3.63, 3.8) is 0 Å². The largest absolute Gasteiger partial charge is 0.478 e. The van der Waals surface area contributed by atoms with Gasteiger partial charge >= 0.3 is 5.97 Å². The van der Waals surface area contributed by atoms with Gasteiger partial charge in [0, 0.05) is 11.1 Å². The highest BCUT2D eigenvalue weighted by molar-refractivity contribution is 6.13. The van der Waals surface area contributed by atoms with E-state index in [1.165, 1.54) is 24.0 Å².